The fraction of sp³-hybridized carbons (Fsp3) is 0.179. The zero-order chi connectivity index (χ0) is 27.4. The molecule has 0 saturated carbocycles. The van der Waals surface area contributed by atoms with Gasteiger partial charge in [0.2, 0.25) is 0 Å². The third-order valence-electron chi connectivity index (χ3n) is 5.96. The summed E-state index contributed by atoms with van der Waals surface area (Å²) in [7, 11) is 2.77. The molecule has 4 rings (SSSR count). The summed E-state index contributed by atoms with van der Waals surface area (Å²) in [6, 6.07) is 16.7. The van der Waals surface area contributed by atoms with Crippen LogP contribution in [0.25, 0.3) is 22.2 Å². The average molecular weight is 524 g/mol. The van der Waals surface area contributed by atoms with E-state index in [-0.39, 0.29) is 34.7 Å². The minimum atomic E-state index is -4.53. The second kappa shape index (κ2) is 10.8. The Morgan fingerprint density at radius 2 is 1.63 bits per heavy atom. The smallest absolute Gasteiger partial charge is 0.417 e. The molecule has 0 saturated heterocycles. The number of aliphatic carboxylic acids is 1. The summed E-state index contributed by atoms with van der Waals surface area (Å²) < 4.78 is 50.8. The second-order valence-electron chi connectivity index (χ2n) is 8.37. The molecule has 0 radical (unpaired) electrons. The van der Waals surface area contributed by atoms with Gasteiger partial charge >= 0.3 is 12.1 Å². The number of nitrogens with zero attached hydrogens (tertiary/aromatic N) is 1. The summed E-state index contributed by atoms with van der Waals surface area (Å²) >= 11 is 0. The number of rotatable bonds is 8. The first-order valence-corrected chi connectivity index (χ1v) is 11.4. The Bertz CT molecular complexity index is 1480. The van der Waals surface area contributed by atoms with Crippen molar-refractivity contribution in [2.45, 2.75) is 18.6 Å². The lowest BCUT2D eigenvalue weighted by Crippen LogP contribution is -2.42. The molecule has 10 heteroatoms. The second-order valence-corrected chi connectivity index (χ2v) is 8.37. The molecule has 2 N–H and O–H groups in total. The molecule has 7 nitrogen and oxygen atoms in total. The molecule has 1 unspecified atom stereocenters. The Balaban J connectivity index is 1.60. The number of methoxy groups -OCH3 is 2. The van der Waals surface area contributed by atoms with Crippen LogP contribution >= 0.6 is 0 Å². The van der Waals surface area contributed by atoms with Crippen molar-refractivity contribution in [3.05, 3.63) is 89.5 Å². The number of halogens is 3. The highest BCUT2D eigenvalue weighted by molar-refractivity contribution is 6.01. The van der Waals surface area contributed by atoms with E-state index in [1.807, 2.05) is 0 Å². The highest BCUT2D eigenvalue weighted by atomic mass is 19.4. The van der Waals surface area contributed by atoms with Crippen LogP contribution in [0.1, 0.15) is 21.5 Å². The zero-order valence-corrected chi connectivity index (χ0v) is 20.4. The predicted octanol–water partition coefficient (Wildman–Crippen LogP) is 5.36. The number of pyridine rings is 1. The molecule has 0 aliphatic carbocycles. The molecule has 3 aromatic carbocycles. The van der Waals surface area contributed by atoms with E-state index in [2.05, 4.69) is 10.3 Å². The molecule has 0 fully saturated rings. The lowest BCUT2D eigenvalue weighted by atomic mass is 10.0. The van der Waals surface area contributed by atoms with Gasteiger partial charge in [-0.05, 0) is 42.0 Å². The van der Waals surface area contributed by atoms with Crippen molar-refractivity contribution in [2.75, 3.05) is 14.2 Å². The zero-order valence-electron chi connectivity index (χ0n) is 20.4. The molecular formula is C28H23F3N2O5. The van der Waals surface area contributed by atoms with Crippen LogP contribution in [0.3, 0.4) is 0 Å². The van der Waals surface area contributed by atoms with Crippen LogP contribution in [0.15, 0.2) is 72.8 Å². The molecule has 38 heavy (non-hydrogen) atoms. The van der Waals surface area contributed by atoms with Gasteiger partial charge in [-0.1, -0.05) is 36.4 Å². The van der Waals surface area contributed by atoms with Gasteiger partial charge in [-0.25, -0.2) is 9.78 Å². The number of ether oxygens (including phenoxy) is 2. The Hall–Kier alpha value is -4.60. The predicted molar refractivity (Wildman–Crippen MR) is 134 cm³/mol. The molecule has 4 aromatic rings. The lowest BCUT2D eigenvalue weighted by Gasteiger charge is -2.18. The van der Waals surface area contributed by atoms with Crippen LogP contribution < -0.4 is 14.8 Å². The summed E-state index contributed by atoms with van der Waals surface area (Å²) in [5.74, 6) is -1.47. The number of aromatic nitrogens is 1. The summed E-state index contributed by atoms with van der Waals surface area (Å²) in [5, 5.41) is 12.9. The molecule has 196 valence electrons. The first kappa shape index (κ1) is 26.5. The third kappa shape index (κ3) is 5.54. The standard InChI is InChI=1S/C28H23F3N2O5/c1-37-23-8-5-9-24(38-2)25(23)26(34)33-22(27(35)36)15-16-10-12-20-17(14-16)11-13-21(32-20)18-6-3-4-7-19(18)28(29,30)31/h3-14,22H,15H2,1-2H3,(H,33,34)(H,35,36). The number of carboxylic acids is 1. The number of nitrogens with one attached hydrogen (secondary N) is 1. The maximum Gasteiger partial charge on any atom is 0.417 e. The largest absolute Gasteiger partial charge is 0.496 e. The number of fused-ring (bicyclic) bond motifs is 1. The first-order valence-electron chi connectivity index (χ1n) is 11.4. The summed E-state index contributed by atoms with van der Waals surface area (Å²) in [5.41, 5.74) is 0.444. The van der Waals surface area contributed by atoms with Crippen molar-refractivity contribution in [1.82, 2.24) is 10.3 Å². The number of carbonyl (C=O) groups excluding carboxylic acids is 1. The number of benzene rings is 3. The number of hydrogen-bond acceptors (Lipinski definition) is 5. The van der Waals surface area contributed by atoms with Crippen molar-refractivity contribution < 1.29 is 37.3 Å². The van der Waals surface area contributed by atoms with Crippen molar-refractivity contribution in [1.29, 1.82) is 0 Å². The van der Waals surface area contributed by atoms with Gasteiger partial charge in [-0.2, -0.15) is 13.2 Å². The van der Waals surface area contributed by atoms with E-state index in [1.54, 1.807) is 42.5 Å². The molecule has 0 bridgehead atoms. The van der Waals surface area contributed by atoms with E-state index in [0.717, 1.165) is 6.07 Å². The van der Waals surface area contributed by atoms with Gasteiger partial charge in [-0.3, -0.25) is 4.79 Å². The minimum absolute atomic E-state index is 0.0357. The molecule has 0 spiro atoms. The highest BCUT2D eigenvalue weighted by Gasteiger charge is 2.33. The van der Waals surface area contributed by atoms with Gasteiger partial charge < -0.3 is 19.9 Å². The van der Waals surface area contributed by atoms with Crippen molar-refractivity contribution in [3.8, 4) is 22.8 Å². The quantitative estimate of drug-likeness (QED) is 0.322. The average Bonchev–Trinajstić information content (AvgIpc) is 2.91. The van der Waals surface area contributed by atoms with Crippen molar-refractivity contribution >= 4 is 22.8 Å². The van der Waals surface area contributed by atoms with Gasteiger partial charge in [0.1, 0.15) is 23.1 Å². The van der Waals surface area contributed by atoms with E-state index < -0.39 is 29.7 Å². The Morgan fingerprint density at radius 1 is 0.947 bits per heavy atom. The van der Waals surface area contributed by atoms with Gasteiger partial charge in [0.15, 0.2) is 0 Å². The number of carbonyl (C=O) groups is 2. The molecule has 0 aliphatic rings. The van der Waals surface area contributed by atoms with E-state index in [1.165, 1.54) is 38.5 Å². The fourth-order valence-electron chi connectivity index (χ4n) is 4.15. The number of alkyl halides is 3. The number of amides is 1. The topological polar surface area (TPSA) is 97.8 Å². The molecule has 0 aliphatic heterocycles. The Morgan fingerprint density at radius 3 is 2.26 bits per heavy atom. The molecule has 1 atom stereocenters. The monoisotopic (exact) mass is 524 g/mol. The fourth-order valence-corrected chi connectivity index (χ4v) is 4.15. The van der Waals surface area contributed by atoms with Crippen LogP contribution in [0.5, 0.6) is 11.5 Å². The van der Waals surface area contributed by atoms with E-state index >= 15 is 0 Å². The van der Waals surface area contributed by atoms with Gasteiger partial charge in [0, 0.05) is 17.4 Å². The van der Waals surface area contributed by atoms with Crippen molar-refractivity contribution in [3.63, 3.8) is 0 Å². The van der Waals surface area contributed by atoms with E-state index in [4.69, 9.17) is 9.47 Å². The van der Waals surface area contributed by atoms with Crippen LogP contribution in [0, 0.1) is 0 Å². The Kier molecular flexibility index (Phi) is 7.52. The van der Waals surface area contributed by atoms with Crippen LogP contribution in [0.4, 0.5) is 13.2 Å². The van der Waals surface area contributed by atoms with E-state index in [9.17, 15) is 27.9 Å². The maximum atomic E-state index is 13.5. The number of carboxylic acid groups (broad SMARTS) is 1. The minimum Gasteiger partial charge on any atom is -0.496 e. The summed E-state index contributed by atoms with van der Waals surface area (Å²) in [6.07, 6.45) is -4.58. The highest BCUT2D eigenvalue weighted by Crippen LogP contribution is 2.36. The van der Waals surface area contributed by atoms with Gasteiger partial charge in [-0.15, -0.1) is 0 Å². The van der Waals surface area contributed by atoms with Gasteiger partial charge in [0.25, 0.3) is 5.91 Å². The van der Waals surface area contributed by atoms with Gasteiger partial charge in [0.05, 0.1) is 31.0 Å². The van der Waals surface area contributed by atoms with Crippen LogP contribution in [-0.4, -0.2) is 42.2 Å². The molecular weight excluding hydrogens is 501 g/mol. The molecule has 1 heterocycles. The van der Waals surface area contributed by atoms with E-state index in [0.29, 0.717) is 16.5 Å². The van der Waals surface area contributed by atoms with Crippen LogP contribution in [-0.2, 0) is 17.4 Å². The van der Waals surface area contributed by atoms with Crippen molar-refractivity contribution in [2.24, 2.45) is 0 Å². The van der Waals surface area contributed by atoms with Crippen LogP contribution in [0.2, 0.25) is 0 Å². The maximum absolute atomic E-state index is 13.5. The third-order valence-corrected chi connectivity index (χ3v) is 5.96. The summed E-state index contributed by atoms with van der Waals surface area (Å²) in [4.78, 5) is 29.3. The normalized spacial score (nSPS) is 12.1. The lowest BCUT2D eigenvalue weighted by molar-refractivity contribution is -0.139. The SMILES string of the molecule is COc1cccc(OC)c1C(=O)NC(Cc1ccc2nc(-c3ccccc3C(F)(F)F)ccc2c1)C(=O)O. The first-order chi connectivity index (χ1) is 18.1. The Labute approximate surface area is 215 Å². The molecule has 1 aromatic heterocycles. The number of hydrogen-bond donors (Lipinski definition) is 2. The molecule has 1 amide bonds. The summed E-state index contributed by atoms with van der Waals surface area (Å²) in [6.45, 7) is 0.